The van der Waals surface area contributed by atoms with Crippen LogP contribution >= 0.6 is 0 Å². The number of aliphatic hydroxyl groups is 1. The van der Waals surface area contributed by atoms with Crippen LogP contribution in [0.25, 0.3) is 0 Å². The lowest BCUT2D eigenvalue weighted by atomic mass is 9.89. The number of rotatable bonds is 7. The largest absolute Gasteiger partial charge is 0.395 e. The molecule has 1 saturated carbocycles. The maximum absolute atomic E-state index is 9.19. The Morgan fingerprint density at radius 2 is 2.00 bits per heavy atom. The van der Waals surface area contributed by atoms with Gasteiger partial charge in [-0.25, -0.2) is 0 Å². The van der Waals surface area contributed by atoms with E-state index in [2.05, 4.69) is 29.2 Å². The predicted molar refractivity (Wildman–Crippen MR) is 74.5 cm³/mol. The fourth-order valence-electron chi connectivity index (χ4n) is 2.63. The van der Waals surface area contributed by atoms with Crippen molar-refractivity contribution >= 4 is 0 Å². The number of hydrogen-bond acceptors (Lipinski definition) is 3. The number of aliphatic hydroxyl groups excluding tert-OH is 1. The van der Waals surface area contributed by atoms with Gasteiger partial charge in [-0.3, -0.25) is 4.90 Å². The summed E-state index contributed by atoms with van der Waals surface area (Å²) in [6, 6.07) is 11.1. The molecule has 1 fully saturated rings. The Labute approximate surface area is 110 Å². The van der Waals surface area contributed by atoms with E-state index in [4.69, 9.17) is 5.73 Å². The van der Waals surface area contributed by atoms with E-state index in [1.807, 2.05) is 6.07 Å². The Bertz CT molecular complexity index is 338. The first-order valence-electron chi connectivity index (χ1n) is 6.95. The van der Waals surface area contributed by atoms with Crippen LogP contribution < -0.4 is 5.73 Å². The first-order valence-corrected chi connectivity index (χ1v) is 6.95. The van der Waals surface area contributed by atoms with Crippen molar-refractivity contribution in [2.45, 2.75) is 31.2 Å². The van der Waals surface area contributed by atoms with E-state index in [1.165, 1.54) is 24.8 Å². The maximum Gasteiger partial charge on any atom is 0.0558 e. The van der Waals surface area contributed by atoms with Gasteiger partial charge in [-0.05, 0) is 18.4 Å². The standard InChI is InChI=1S/C15H24N2O/c16-11-14(13-5-2-1-3-6-13)12-17(9-10-18)15-7-4-8-15/h1-3,5-6,14-15,18H,4,7-12,16H2. The SMILES string of the molecule is NCC(CN(CCO)C1CCC1)c1ccccc1. The molecule has 1 aromatic carbocycles. The first kappa shape index (κ1) is 13.5. The van der Waals surface area contributed by atoms with Crippen molar-refractivity contribution in [1.29, 1.82) is 0 Å². The molecule has 1 aliphatic rings. The minimum atomic E-state index is 0.239. The molecule has 0 aliphatic heterocycles. The van der Waals surface area contributed by atoms with Gasteiger partial charge < -0.3 is 10.8 Å². The molecule has 1 atom stereocenters. The second-order valence-corrected chi connectivity index (χ2v) is 5.15. The van der Waals surface area contributed by atoms with E-state index in [1.54, 1.807) is 0 Å². The van der Waals surface area contributed by atoms with Crippen molar-refractivity contribution in [3.63, 3.8) is 0 Å². The lowest BCUT2D eigenvalue weighted by molar-refractivity contribution is 0.0954. The van der Waals surface area contributed by atoms with E-state index in [9.17, 15) is 5.11 Å². The van der Waals surface area contributed by atoms with Crippen LogP contribution in [0.4, 0.5) is 0 Å². The van der Waals surface area contributed by atoms with E-state index in [0.29, 0.717) is 18.5 Å². The molecule has 0 radical (unpaired) electrons. The summed E-state index contributed by atoms with van der Waals surface area (Å²) in [4.78, 5) is 2.41. The minimum Gasteiger partial charge on any atom is -0.395 e. The second kappa shape index (κ2) is 6.88. The normalized spacial score (nSPS) is 17.7. The quantitative estimate of drug-likeness (QED) is 0.770. The molecule has 0 bridgehead atoms. The van der Waals surface area contributed by atoms with Gasteiger partial charge in [0.15, 0.2) is 0 Å². The molecular weight excluding hydrogens is 224 g/mol. The molecule has 3 nitrogen and oxygen atoms in total. The topological polar surface area (TPSA) is 49.5 Å². The lowest BCUT2D eigenvalue weighted by Crippen LogP contribution is -2.44. The Balaban J connectivity index is 1.99. The monoisotopic (exact) mass is 248 g/mol. The Kier molecular flexibility index (Phi) is 5.17. The maximum atomic E-state index is 9.19. The number of nitrogens with two attached hydrogens (primary N) is 1. The van der Waals surface area contributed by atoms with Gasteiger partial charge in [0.2, 0.25) is 0 Å². The first-order chi connectivity index (χ1) is 8.85. The molecule has 0 heterocycles. The highest BCUT2D eigenvalue weighted by Gasteiger charge is 2.26. The highest BCUT2D eigenvalue weighted by molar-refractivity contribution is 5.20. The summed E-state index contributed by atoms with van der Waals surface area (Å²) in [7, 11) is 0. The zero-order chi connectivity index (χ0) is 12.8. The van der Waals surface area contributed by atoms with E-state index in [-0.39, 0.29) is 6.61 Å². The van der Waals surface area contributed by atoms with Crippen molar-refractivity contribution in [2.75, 3.05) is 26.2 Å². The minimum absolute atomic E-state index is 0.239. The van der Waals surface area contributed by atoms with Crippen LogP contribution in [0.3, 0.4) is 0 Å². The zero-order valence-corrected chi connectivity index (χ0v) is 11.0. The van der Waals surface area contributed by atoms with E-state index >= 15 is 0 Å². The third-order valence-corrected chi connectivity index (χ3v) is 3.99. The summed E-state index contributed by atoms with van der Waals surface area (Å²) >= 11 is 0. The summed E-state index contributed by atoms with van der Waals surface area (Å²) in [5.41, 5.74) is 7.23. The summed E-state index contributed by atoms with van der Waals surface area (Å²) in [5.74, 6) is 0.373. The van der Waals surface area contributed by atoms with Gasteiger partial charge in [0, 0.05) is 31.6 Å². The smallest absolute Gasteiger partial charge is 0.0558 e. The summed E-state index contributed by atoms with van der Waals surface area (Å²) < 4.78 is 0. The molecule has 1 unspecified atom stereocenters. The van der Waals surface area contributed by atoms with Crippen LogP contribution in [0.5, 0.6) is 0 Å². The zero-order valence-electron chi connectivity index (χ0n) is 11.0. The Hall–Kier alpha value is -0.900. The van der Waals surface area contributed by atoms with Gasteiger partial charge in [-0.2, -0.15) is 0 Å². The summed E-state index contributed by atoms with van der Waals surface area (Å²) in [6.07, 6.45) is 3.86. The van der Waals surface area contributed by atoms with Crippen LogP contribution in [0, 0.1) is 0 Å². The highest BCUT2D eigenvalue weighted by atomic mass is 16.3. The van der Waals surface area contributed by atoms with Gasteiger partial charge in [0.25, 0.3) is 0 Å². The summed E-state index contributed by atoms with van der Waals surface area (Å²) in [6.45, 7) is 2.64. The van der Waals surface area contributed by atoms with Crippen molar-refractivity contribution in [1.82, 2.24) is 4.90 Å². The Morgan fingerprint density at radius 1 is 1.28 bits per heavy atom. The second-order valence-electron chi connectivity index (χ2n) is 5.15. The molecule has 0 spiro atoms. The van der Waals surface area contributed by atoms with E-state index < -0.39 is 0 Å². The van der Waals surface area contributed by atoms with Crippen LogP contribution in [-0.2, 0) is 0 Å². The lowest BCUT2D eigenvalue weighted by Gasteiger charge is -2.39. The Morgan fingerprint density at radius 3 is 2.50 bits per heavy atom. The van der Waals surface area contributed by atoms with Crippen molar-refractivity contribution in [2.24, 2.45) is 5.73 Å². The molecule has 2 rings (SSSR count). The predicted octanol–water partition coefficient (Wildman–Crippen LogP) is 1.58. The van der Waals surface area contributed by atoms with Crippen LogP contribution in [0.1, 0.15) is 30.7 Å². The average molecular weight is 248 g/mol. The fourth-order valence-corrected chi connectivity index (χ4v) is 2.63. The van der Waals surface area contributed by atoms with Gasteiger partial charge in [-0.1, -0.05) is 36.8 Å². The third kappa shape index (κ3) is 3.31. The highest BCUT2D eigenvalue weighted by Crippen LogP contribution is 2.27. The molecule has 0 saturated heterocycles. The molecule has 100 valence electrons. The van der Waals surface area contributed by atoms with E-state index in [0.717, 1.165) is 13.1 Å². The molecular formula is C15H24N2O. The van der Waals surface area contributed by atoms with Crippen molar-refractivity contribution < 1.29 is 5.11 Å². The van der Waals surface area contributed by atoms with Gasteiger partial charge in [0.05, 0.1) is 6.61 Å². The number of benzene rings is 1. The summed E-state index contributed by atoms with van der Waals surface area (Å²) in [5, 5.41) is 9.19. The number of hydrogen-bond donors (Lipinski definition) is 2. The molecule has 18 heavy (non-hydrogen) atoms. The molecule has 3 N–H and O–H groups in total. The van der Waals surface area contributed by atoms with Crippen molar-refractivity contribution in [3.05, 3.63) is 35.9 Å². The number of nitrogens with zero attached hydrogens (tertiary/aromatic N) is 1. The van der Waals surface area contributed by atoms with Gasteiger partial charge >= 0.3 is 0 Å². The fraction of sp³-hybridized carbons (Fsp3) is 0.600. The average Bonchev–Trinajstić information content (AvgIpc) is 2.35. The van der Waals surface area contributed by atoms with Gasteiger partial charge in [-0.15, -0.1) is 0 Å². The molecule has 1 aromatic rings. The molecule has 3 heteroatoms. The molecule has 1 aliphatic carbocycles. The molecule has 0 amide bonds. The van der Waals surface area contributed by atoms with Gasteiger partial charge in [0.1, 0.15) is 0 Å². The van der Waals surface area contributed by atoms with Crippen molar-refractivity contribution in [3.8, 4) is 0 Å². The van der Waals surface area contributed by atoms with Crippen LogP contribution in [0.2, 0.25) is 0 Å². The molecule has 0 aromatic heterocycles. The third-order valence-electron chi connectivity index (χ3n) is 3.99. The van der Waals surface area contributed by atoms with Crippen LogP contribution in [0.15, 0.2) is 30.3 Å². The van der Waals surface area contributed by atoms with Crippen LogP contribution in [-0.4, -0.2) is 42.3 Å².